The van der Waals surface area contributed by atoms with Crippen molar-refractivity contribution in [2.45, 2.75) is 12.8 Å². The van der Waals surface area contributed by atoms with Crippen LogP contribution < -0.4 is 4.90 Å². The molecule has 0 bridgehead atoms. The number of hydrogen-bond donors (Lipinski definition) is 0. The molecule has 3 nitrogen and oxygen atoms in total. The molecule has 0 aliphatic carbocycles. The summed E-state index contributed by atoms with van der Waals surface area (Å²) in [6, 6.07) is 7.61. The van der Waals surface area contributed by atoms with E-state index >= 15 is 0 Å². The Kier molecular flexibility index (Phi) is 3.04. The van der Waals surface area contributed by atoms with Gasteiger partial charge in [-0.15, -0.1) is 0 Å². The number of anilines is 1. The molecule has 0 atom stereocenters. The van der Waals surface area contributed by atoms with Crippen LogP contribution in [0.4, 0.5) is 5.69 Å². The third-order valence-corrected chi connectivity index (χ3v) is 3.13. The third kappa shape index (κ3) is 2.19. The lowest BCUT2D eigenvalue weighted by Crippen LogP contribution is -2.41. The summed E-state index contributed by atoms with van der Waals surface area (Å²) >= 11 is 2.21. The van der Waals surface area contributed by atoms with Gasteiger partial charge in [-0.05, 0) is 53.3 Å². The molecule has 1 aliphatic rings. The highest BCUT2D eigenvalue weighted by atomic mass is 127. The zero-order chi connectivity index (χ0) is 10.8. The maximum absolute atomic E-state index is 11.6. The number of nitrogens with zero attached hydrogens (tertiary/aromatic N) is 1. The number of carbonyl (C=O) groups is 2. The standard InChI is InChI=1S/C11H10INO2/c12-8-3-5-9(6-4-8)13-7-1-2-10(14)11(13)15/h3-6H,1-2,7H2. The van der Waals surface area contributed by atoms with E-state index in [1.807, 2.05) is 24.3 Å². The fourth-order valence-electron chi connectivity index (χ4n) is 1.62. The van der Waals surface area contributed by atoms with Crippen molar-refractivity contribution in [3.05, 3.63) is 27.8 Å². The average Bonchev–Trinajstić information content (AvgIpc) is 2.24. The molecule has 1 fully saturated rings. The SMILES string of the molecule is O=C1CCCN(c2ccc(I)cc2)C1=O. The number of hydrogen-bond acceptors (Lipinski definition) is 2. The molecule has 0 spiro atoms. The maximum Gasteiger partial charge on any atom is 0.294 e. The van der Waals surface area contributed by atoms with Gasteiger partial charge < -0.3 is 4.90 Å². The van der Waals surface area contributed by atoms with Crippen molar-refractivity contribution in [3.63, 3.8) is 0 Å². The van der Waals surface area contributed by atoms with Gasteiger partial charge >= 0.3 is 0 Å². The van der Waals surface area contributed by atoms with Crippen LogP contribution in [0.15, 0.2) is 24.3 Å². The molecule has 0 aromatic heterocycles. The fourth-order valence-corrected chi connectivity index (χ4v) is 1.98. The van der Waals surface area contributed by atoms with E-state index in [4.69, 9.17) is 0 Å². The van der Waals surface area contributed by atoms with Crippen molar-refractivity contribution < 1.29 is 9.59 Å². The molecule has 15 heavy (non-hydrogen) atoms. The van der Waals surface area contributed by atoms with Crippen LogP contribution in [0.25, 0.3) is 0 Å². The molecule has 4 heteroatoms. The molecule has 1 aromatic rings. The highest BCUT2D eigenvalue weighted by Gasteiger charge is 2.26. The Morgan fingerprint density at radius 1 is 1.13 bits per heavy atom. The van der Waals surface area contributed by atoms with Crippen LogP contribution in [0, 0.1) is 3.57 Å². The lowest BCUT2D eigenvalue weighted by molar-refractivity contribution is -0.137. The summed E-state index contributed by atoms with van der Waals surface area (Å²) in [6.45, 7) is 0.644. The average molecular weight is 315 g/mol. The van der Waals surface area contributed by atoms with Gasteiger partial charge in [0.2, 0.25) is 5.78 Å². The predicted octanol–water partition coefficient (Wildman–Crippen LogP) is 1.99. The smallest absolute Gasteiger partial charge is 0.294 e. The van der Waals surface area contributed by atoms with Gasteiger partial charge in [-0.25, -0.2) is 0 Å². The van der Waals surface area contributed by atoms with Crippen molar-refractivity contribution in [1.29, 1.82) is 0 Å². The molecule has 1 saturated heterocycles. The summed E-state index contributed by atoms with van der Waals surface area (Å²) in [5.74, 6) is -0.651. The van der Waals surface area contributed by atoms with Gasteiger partial charge in [-0.2, -0.15) is 0 Å². The fraction of sp³-hybridized carbons (Fsp3) is 0.273. The molecule has 78 valence electrons. The van der Waals surface area contributed by atoms with Crippen molar-refractivity contribution in [2.24, 2.45) is 0 Å². The van der Waals surface area contributed by atoms with E-state index < -0.39 is 0 Å². The van der Waals surface area contributed by atoms with E-state index in [-0.39, 0.29) is 11.7 Å². The normalized spacial score (nSPS) is 17.0. The molecule has 0 N–H and O–H groups in total. The number of rotatable bonds is 1. The Morgan fingerprint density at radius 2 is 1.80 bits per heavy atom. The molecule has 1 heterocycles. The molecular weight excluding hydrogens is 305 g/mol. The van der Waals surface area contributed by atoms with Gasteiger partial charge in [-0.1, -0.05) is 0 Å². The zero-order valence-electron chi connectivity index (χ0n) is 8.07. The monoisotopic (exact) mass is 315 g/mol. The number of amides is 1. The zero-order valence-corrected chi connectivity index (χ0v) is 10.2. The summed E-state index contributed by atoms with van der Waals surface area (Å²) < 4.78 is 1.12. The Hall–Kier alpha value is -0.910. The molecule has 1 amide bonds. The van der Waals surface area contributed by atoms with E-state index in [1.54, 1.807) is 4.90 Å². The largest absolute Gasteiger partial charge is 0.306 e. The second kappa shape index (κ2) is 4.30. The van der Waals surface area contributed by atoms with Crippen molar-refractivity contribution in [2.75, 3.05) is 11.4 Å². The number of Topliss-reactive ketones (excluding diaryl/α,β-unsaturated/α-hetero) is 1. The van der Waals surface area contributed by atoms with Crippen LogP contribution in [0.3, 0.4) is 0 Å². The van der Waals surface area contributed by atoms with Gasteiger partial charge in [-0.3, -0.25) is 9.59 Å². The number of ketones is 1. The first-order valence-corrected chi connectivity index (χ1v) is 5.86. The molecule has 2 rings (SSSR count). The van der Waals surface area contributed by atoms with Crippen molar-refractivity contribution in [3.8, 4) is 0 Å². The second-order valence-corrected chi connectivity index (χ2v) is 4.71. The first kappa shape index (κ1) is 10.6. The van der Waals surface area contributed by atoms with Crippen LogP contribution in [-0.4, -0.2) is 18.2 Å². The lowest BCUT2D eigenvalue weighted by Gasteiger charge is -2.25. The van der Waals surface area contributed by atoms with Crippen LogP contribution in [-0.2, 0) is 9.59 Å². The van der Waals surface area contributed by atoms with E-state index in [0.717, 1.165) is 15.7 Å². The molecule has 0 unspecified atom stereocenters. The van der Waals surface area contributed by atoms with Crippen molar-refractivity contribution in [1.82, 2.24) is 0 Å². The summed E-state index contributed by atoms with van der Waals surface area (Å²) in [5, 5.41) is 0. The van der Waals surface area contributed by atoms with E-state index in [0.29, 0.717) is 13.0 Å². The highest BCUT2D eigenvalue weighted by molar-refractivity contribution is 14.1. The molecular formula is C11H10INO2. The second-order valence-electron chi connectivity index (χ2n) is 3.46. The molecule has 0 radical (unpaired) electrons. The summed E-state index contributed by atoms with van der Waals surface area (Å²) in [6.07, 6.45) is 1.15. The van der Waals surface area contributed by atoms with Crippen LogP contribution in [0.5, 0.6) is 0 Å². The summed E-state index contributed by atoms with van der Waals surface area (Å²) in [4.78, 5) is 24.4. The number of piperidine rings is 1. The number of benzene rings is 1. The van der Waals surface area contributed by atoms with E-state index in [1.165, 1.54) is 0 Å². The Balaban J connectivity index is 2.26. The Labute approximate surface area is 102 Å². The van der Waals surface area contributed by atoms with Gasteiger partial charge in [0.1, 0.15) is 0 Å². The topological polar surface area (TPSA) is 37.4 Å². The van der Waals surface area contributed by atoms with Crippen LogP contribution >= 0.6 is 22.6 Å². The van der Waals surface area contributed by atoms with E-state index in [9.17, 15) is 9.59 Å². The number of carbonyl (C=O) groups excluding carboxylic acids is 2. The Morgan fingerprint density at radius 3 is 2.47 bits per heavy atom. The minimum atomic E-state index is -0.373. The quantitative estimate of drug-likeness (QED) is 0.587. The Bertz CT molecular complexity index is 400. The van der Waals surface area contributed by atoms with Gasteiger partial charge in [0.25, 0.3) is 5.91 Å². The summed E-state index contributed by atoms with van der Waals surface area (Å²) in [5.41, 5.74) is 0.813. The van der Waals surface area contributed by atoms with Crippen LogP contribution in [0.1, 0.15) is 12.8 Å². The van der Waals surface area contributed by atoms with E-state index in [2.05, 4.69) is 22.6 Å². The number of halogens is 1. The molecule has 1 aromatic carbocycles. The minimum Gasteiger partial charge on any atom is -0.306 e. The maximum atomic E-state index is 11.6. The third-order valence-electron chi connectivity index (χ3n) is 2.41. The van der Waals surface area contributed by atoms with Gasteiger partial charge in [0.05, 0.1) is 0 Å². The first-order chi connectivity index (χ1) is 7.18. The van der Waals surface area contributed by atoms with Gasteiger partial charge in [0, 0.05) is 22.2 Å². The molecule has 0 saturated carbocycles. The predicted molar refractivity (Wildman–Crippen MR) is 65.8 cm³/mol. The lowest BCUT2D eigenvalue weighted by atomic mass is 10.1. The molecule has 1 aliphatic heterocycles. The minimum absolute atomic E-state index is 0.278. The highest BCUT2D eigenvalue weighted by Crippen LogP contribution is 2.20. The van der Waals surface area contributed by atoms with Crippen LogP contribution in [0.2, 0.25) is 0 Å². The van der Waals surface area contributed by atoms with Crippen molar-refractivity contribution >= 4 is 40.0 Å². The first-order valence-electron chi connectivity index (χ1n) is 4.79. The van der Waals surface area contributed by atoms with Gasteiger partial charge in [0.15, 0.2) is 0 Å². The summed E-state index contributed by atoms with van der Waals surface area (Å²) in [7, 11) is 0.